The molecule has 1 aliphatic carbocycles. The molecule has 0 atom stereocenters. The second-order valence-corrected chi connectivity index (χ2v) is 6.67. The second kappa shape index (κ2) is 6.27. The van der Waals surface area contributed by atoms with Crippen molar-refractivity contribution in [3.63, 3.8) is 0 Å². The first-order valence-electron chi connectivity index (χ1n) is 7.77. The number of nitrogens with two attached hydrogens (primary N) is 1. The van der Waals surface area contributed by atoms with Crippen LogP contribution in [0.4, 0.5) is 5.13 Å². The van der Waals surface area contributed by atoms with Gasteiger partial charge >= 0.3 is 0 Å². The zero-order chi connectivity index (χ0) is 17.4. The Labute approximate surface area is 148 Å². The number of ether oxygens (including phenoxy) is 1. The van der Waals surface area contributed by atoms with E-state index in [9.17, 15) is 5.11 Å². The van der Waals surface area contributed by atoms with E-state index in [0.717, 1.165) is 33.8 Å². The van der Waals surface area contributed by atoms with Gasteiger partial charge in [0.2, 0.25) is 11.0 Å². The number of nitrogens with zero attached hydrogens (tertiary/aromatic N) is 3. The molecule has 3 N–H and O–H groups in total. The first kappa shape index (κ1) is 15.7. The Balaban J connectivity index is 1.76. The van der Waals surface area contributed by atoms with Gasteiger partial charge < -0.3 is 15.6 Å². The normalized spacial score (nSPS) is 12.8. The number of hydrogen-bond acceptors (Lipinski definition) is 7. The summed E-state index contributed by atoms with van der Waals surface area (Å²) in [4.78, 5) is 4.55. The van der Waals surface area contributed by atoms with Gasteiger partial charge in [0.05, 0.1) is 19.4 Å². The summed E-state index contributed by atoms with van der Waals surface area (Å²) in [5.74, 6) is 0.447. The molecule has 0 spiro atoms. The Bertz CT molecular complexity index is 981. The number of fused-ring (bicyclic) bond motifs is 1. The van der Waals surface area contributed by atoms with Crippen LogP contribution in [0.25, 0.3) is 16.1 Å². The standard InChI is InChI=1S/C18H16N4O2S/c1-24-16-12(9-23)5-7-15(20-16)13-6-4-10-2-3-11(8-14(10)13)17-21-22-18(19)25-17/h2-3,5-8,23H,4,9H2,1H3,(H2,19,22). The van der Waals surface area contributed by atoms with Crippen molar-refractivity contribution in [3.05, 3.63) is 58.8 Å². The lowest BCUT2D eigenvalue weighted by molar-refractivity contribution is 0.271. The number of aromatic nitrogens is 3. The second-order valence-electron chi connectivity index (χ2n) is 5.66. The lowest BCUT2D eigenvalue weighted by Gasteiger charge is -2.10. The summed E-state index contributed by atoms with van der Waals surface area (Å²) >= 11 is 1.37. The van der Waals surface area contributed by atoms with Crippen molar-refractivity contribution in [3.8, 4) is 16.5 Å². The molecule has 7 heteroatoms. The fourth-order valence-electron chi connectivity index (χ4n) is 2.97. The Morgan fingerprint density at radius 3 is 2.84 bits per heavy atom. The number of methoxy groups -OCH3 is 1. The minimum atomic E-state index is -0.102. The number of rotatable bonds is 4. The molecule has 0 saturated heterocycles. The maximum Gasteiger partial charge on any atom is 0.219 e. The molecule has 0 fully saturated rings. The summed E-state index contributed by atoms with van der Waals surface area (Å²) in [6.07, 6.45) is 3.01. The lowest BCUT2D eigenvalue weighted by atomic mass is 10.00. The number of aliphatic hydroxyl groups excluding tert-OH is 1. The van der Waals surface area contributed by atoms with Gasteiger partial charge in [-0.2, -0.15) is 0 Å². The molecular formula is C18H16N4O2S. The highest BCUT2D eigenvalue weighted by Gasteiger charge is 2.19. The van der Waals surface area contributed by atoms with Gasteiger partial charge in [-0.1, -0.05) is 29.5 Å². The molecular weight excluding hydrogens is 336 g/mol. The Morgan fingerprint density at radius 1 is 1.24 bits per heavy atom. The van der Waals surface area contributed by atoms with Crippen molar-refractivity contribution in [1.82, 2.24) is 15.2 Å². The highest BCUT2D eigenvalue weighted by atomic mass is 32.1. The highest BCUT2D eigenvalue weighted by Crippen LogP contribution is 2.36. The number of allylic oxidation sites excluding steroid dienone is 1. The molecule has 6 nitrogen and oxygen atoms in total. The fraction of sp³-hybridized carbons (Fsp3) is 0.167. The molecule has 0 unspecified atom stereocenters. The number of aliphatic hydroxyl groups is 1. The molecule has 126 valence electrons. The van der Waals surface area contributed by atoms with Gasteiger partial charge in [0, 0.05) is 16.7 Å². The number of anilines is 1. The fourth-order valence-corrected chi connectivity index (χ4v) is 3.58. The minimum Gasteiger partial charge on any atom is -0.481 e. The third kappa shape index (κ3) is 2.77. The summed E-state index contributed by atoms with van der Waals surface area (Å²) in [7, 11) is 1.56. The minimum absolute atomic E-state index is 0.102. The molecule has 2 heterocycles. The molecule has 0 bridgehead atoms. The lowest BCUT2D eigenvalue weighted by Crippen LogP contribution is -1.99. The van der Waals surface area contributed by atoms with Crippen LogP contribution in [0, 0.1) is 0 Å². The van der Waals surface area contributed by atoms with E-state index in [1.54, 1.807) is 7.11 Å². The van der Waals surface area contributed by atoms with Crippen LogP contribution in [-0.2, 0) is 13.0 Å². The molecule has 1 aromatic carbocycles. The number of pyridine rings is 1. The molecule has 25 heavy (non-hydrogen) atoms. The van der Waals surface area contributed by atoms with Gasteiger partial charge in [-0.15, -0.1) is 10.2 Å². The molecule has 0 amide bonds. The molecule has 0 saturated carbocycles. The van der Waals surface area contributed by atoms with Crippen molar-refractivity contribution in [2.45, 2.75) is 13.0 Å². The summed E-state index contributed by atoms with van der Waals surface area (Å²) < 4.78 is 5.29. The molecule has 1 aliphatic rings. The maximum absolute atomic E-state index is 9.37. The maximum atomic E-state index is 9.37. The first-order chi connectivity index (χ1) is 12.2. The monoisotopic (exact) mass is 352 g/mol. The predicted octanol–water partition coefficient (Wildman–Crippen LogP) is 2.67. The van der Waals surface area contributed by atoms with Crippen LogP contribution in [-0.4, -0.2) is 27.4 Å². The van der Waals surface area contributed by atoms with Crippen LogP contribution < -0.4 is 10.5 Å². The zero-order valence-electron chi connectivity index (χ0n) is 13.6. The Kier molecular flexibility index (Phi) is 3.95. The molecule has 2 aromatic heterocycles. The quantitative estimate of drug-likeness (QED) is 0.750. The van der Waals surface area contributed by atoms with Gasteiger partial charge in [0.25, 0.3) is 0 Å². The molecule has 0 radical (unpaired) electrons. The number of nitrogen functional groups attached to an aromatic ring is 1. The summed E-state index contributed by atoms with van der Waals surface area (Å²) in [5.41, 5.74) is 11.6. The summed E-state index contributed by atoms with van der Waals surface area (Å²) in [6.45, 7) is -0.102. The van der Waals surface area contributed by atoms with Crippen molar-refractivity contribution in [2.75, 3.05) is 12.8 Å². The van der Waals surface area contributed by atoms with Crippen molar-refractivity contribution < 1.29 is 9.84 Å². The van der Waals surface area contributed by atoms with Gasteiger partial charge in [-0.3, -0.25) is 0 Å². The van der Waals surface area contributed by atoms with E-state index in [0.29, 0.717) is 16.6 Å². The third-order valence-electron chi connectivity index (χ3n) is 4.19. The molecule has 0 aliphatic heterocycles. The summed E-state index contributed by atoms with van der Waals surface area (Å²) in [6, 6.07) is 9.99. The Morgan fingerprint density at radius 2 is 2.12 bits per heavy atom. The predicted molar refractivity (Wildman–Crippen MR) is 97.3 cm³/mol. The van der Waals surface area contributed by atoms with Crippen LogP contribution in [0.1, 0.15) is 22.4 Å². The van der Waals surface area contributed by atoms with E-state index < -0.39 is 0 Å². The average molecular weight is 352 g/mol. The van der Waals surface area contributed by atoms with Crippen molar-refractivity contribution in [1.29, 1.82) is 0 Å². The zero-order valence-corrected chi connectivity index (χ0v) is 14.4. The van der Waals surface area contributed by atoms with E-state index in [1.165, 1.54) is 16.9 Å². The van der Waals surface area contributed by atoms with Crippen LogP contribution >= 0.6 is 11.3 Å². The topological polar surface area (TPSA) is 94.2 Å². The van der Waals surface area contributed by atoms with Crippen molar-refractivity contribution in [2.24, 2.45) is 0 Å². The first-order valence-corrected chi connectivity index (χ1v) is 8.59. The molecule has 4 rings (SSSR count). The van der Waals surface area contributed by atoms with Gasteiger partial charge in [-0.25, -0.2) is 4.98 Å². The van der Waals surface area contributed by atoms with E-state index in [-0.39, 0.29) is 6.61 Å². The highest BCUT2D eigenvalue weighted by molar-refractivity contribution is 7.18. The SMILES string of the molecule is COc1nc(C2=CCc3ccc(-c4nnc(N)s4)cc32)ccc1CO. The van der Waals surface area contributed by atoms with E-state index in [1.807, 2.05) is 18.2 Å². The van der Waals surface area contributed by atoms with Crippen molar-refractivity contribution >= 4 is 22.0 Å². The largest absolute Gasteiger partial charge is 0.481 e. The molecule has 3 aromatic rings. The van der Waals surface area contributed by atoms with Gasteiger partial charge in [-0.05, 0) is 35.7 Å². The van der Waals surface area contributed by atoms with Crippen LogP contribution in [0.5, 0.6) is 5.88 Å². The summed E-state index contributed by atoms with van der Waals surface area (Å²) in [5, 5.41) is 18.6. The van der Waals surface area contributed by atoms with Crippen LogP contribution in [0.15, 0.2) is 36.4 Å². The smallest absolute Gasteiger partial charge is 0.219 e. The number of benzene rings is 1. The van der Waals surface area contributed by atoms with Crippen LogP contribution in [0.2, 0.25) is 0 Å². The van der Waals surface area contributed by atoms with E-state index in [2.05, 4.69) is 33.4 Å². The average Bonchev–Trinajstić information content (AvgIpc) is 3.26. The van der Waals surface area contributed by atoms with Gasteiger partial charge in [0.1, 0.15) is 5.01 Å². The number of hydrogen-bond donors (Lipinski definition) is 2. The van der Waals surface area contributed by atoms with Gasteiger partial charge in [0.15, 0.2) is 0 Å². The Hall–Kier alpha value is -2.77. The third-order valence-corrected chi connectivity index (χ3v) is 4.99. The van der Waals surface area contributed by atoms with E-state index in [4.69, 9.17) is 10.5 Å². The van der Waals surface area contributed by atoms with Crippen LogP contribution in [0.3, 0.4) is 0 Å². The van der Waals surface area contributed by atoms with E-state index >= 15 is 0 Å².